The SMILES string of the molecule is CN(C)C(=O)c1ccc2c(c1)nnn2CCNC(=O)Nc1ccccc1. The van der Waals surface area contributed by atoms with Gasteiger partial charge in [-0.2, -0.15) is 0 Å². The highest BCUT2D eigenvalue weighted by atomic mass is 16.2. The lowest BCUT2D eigenvalue weighted by Crippen LogP contribution is -2.31. The number of fused-ring (bicyclic) bond motifs is 1. The molecule has 2 aromatic carbocycles. The van der Waals surface area contributed by atoms with Crippen molar-refractivity contribution in [3.05, 3.63) is 54.1 Å². The Morgan fingerprint density at radius 1 is 1.12 bits per heavy atom. The van der Waals surface area contributed by atoms with Crippen LogP contribution in [0.15, 0.2) is 48.5 Å². The Bertz CT molecular complexity index is 920. The molecular formula is C18H20N6O2. The summed E-state index contributed by atoms with van der Waals surface area (Å²) in [7, 11) is 3.41. The van der Waals surface area contributed by atoms with E-state index in [2.05, 4.69) is 20.9 Å². The van der Waals surface area contributed by atoms with Crippen LogP contribution in [-0.4, -0.2) is 52.5 Å². The van der Waals surface area contributed by atoms with Crippen molar-refractivity contribution >= 4 is 28.7 Å². The number of para-hydroxylation sites is 1. The number of rotatable bonds is 5. The van der Waals surface area contributed by atoms with Crippen LogP contribution in [0.2, 0.25) is 0 Å². The Hall–Kier alpha value is -3.42. The number of hydrogen-bond donors (Lipinski definition) is 2. The number of aromatic nitrogens is 3. The fourth-order valence-corrected chi connectivity index (χ4v) is 2.50. The summed E-state index contributed by atoms with van der Waals surface area (Å²) in [5, 5.41) is 13.7. The number of amides is 3. The number of carbonyl (C=O) groups is 2. The van der Waals surface area contributed by atoms with Gasteiger partial charge in [0.1, 0.15) is 5.52 Å². The first-order valence-corrected chi connectivity index (χ1v) is 8.19. The van der Waals surface area contributed by atoms with Crippen LogP contribution in [0.4, 0.5) is 10.5 Å². The maximum Gasteiger partial charge on any atom is 0.319 e. The minimum absolute atomic E-state index is 0.0827. The summed E-state index contributed by atoms with van der Waals surface area (Å²) in [6, 6.07) is 14.2. The van der Waals surface area contributed by atoms with E-state index in [9.17, 15) is 9.59 Å². The van der Waals surface area contributed by atoms with Crippen LogP contribution in [-0.2, 0) is 6.54 Å². The van der Waals surface area contributed by atoms with Crippen molar-refractivity contribution in [3.63, 3.8) is 0 Å². The minimum Gasteiger partial charge on any atom is -0.345 e. The van der Waals surface area contributed by atoms with E-state index in [1.165, 1.54) is 4.90 Å². The minimum atomic E-state index is -0.278. The van der Waals surface area contributed by atoms with Crippen LogP contribution in [0.25, 0.3) is 11.0 Å². The molecule has 134 valence electrons. The number of nitrogens with zero attached hydrogens (tertiary/aromatic N) is 4. The van der Waals surface area contributed by atoms with Crippen LogP contribution in [0.3, 0.4) is 0 Å². The van der Waals surface area contributed by atoms with E-state index >= 15 is 0 Å². The Balaban J connectivity index is 1.59. The first kappa shape index (κ1) is 17.4. The normalized spacial score (nSPS) is 10.5. The first-order chi connectivity index (χ1) is 12.5. The monoisotopic (exact) mass is 352 g/mol. The Morgan fingerprint density at radius 2 is 1.88 bits per heavy atom. The second kappa shape index (κ2) is 7.64. The van der Waals surface area contributed by atoms with Crippen LogP contribution < -0.4 is 10.6 Å². The fraction of sp³-hybridized carbons (Fsp3) is 0.222. The molecule has 0 atom stereocenters. The van der Waals surface area contributed by atoms with E-state index < -0.39 is 0 Å². The summed E-state index contributed by atoms with van der Waals surface area (Å²) in [5.74, 6) is -0.0827. The molecule has 3 amide bonds. The zero-order chi connectivity index (χ0) is 18.5. The molecule has 0 aliphatic rings. The smallest absolute Gasteiger partial charge is 0.319 e. The number of urea groups is 1. The lowest BCUT2D eigenvalue weighted by Gasteiger charge is -2.10. The maximum absolute atomic E-state index is 12.0. The van der Waals surface area contributed by atoms with Crippen molar-refractivity contribution in [2.24, 2.45) is 0 Å². The average Bonchev–Trinajstić information content (AvgIpc) is 3.04. The molecule has 0 radical (unpaired) electrons. The van der Waals surface area contributed by atoms with Crippen molar-refractivity contribution in [2.45, 2.75) is 6.54 Å². The van der Waals surface area contributed by atoms with Gasteiger partial charge in [-0.3, -0.25) is 4.79 Å². The van der Waals surface area contributed by atoms with Gasteiger partial charge in [-0.1, -0.05) is 23.4 Å². The molecule has 3 aromatic rings. The highest BCUT2D eigenvalue weighted by molar-refractivity contribution is 5.97. The Labute approximate surface area is 150 Å². The van der Waals surface area contributed by atoms with Crippen molar-refractivity contribution in [3.8, 4) is 0 Å². The van der Waals surface area contributed by atoms with Gasteiger partial charge in [-0.05, 0) is 30.3 Å². The van der Waals surface area contributed by atoms with Crippen molar-refractivity contribution in [2.75, 3.05) is 26.0 Å². The topological polar surface area (TPSA) is 92.2 Å². The molecule has 8 nitrogen and oxygen atoms in total. The van der Waals surface area contributed by atoms with Crippen LogP contribution >= 0.6 is 0 Å². The van der Waals surface area contributed by atoms with E-state index in [1.54, 1.807) is 30.9 Å². The summed E-state index contributed by atoms with van der Waals surface area (Å²) in [5.41, 5.74) is 2.75. The van der Waals surface area contributed by atoms with E-state index in [0.29, 0.717) is 24.2 Å². The van der Waals surface area contributed by atoms with Crippen molar-refractivity contribution < 1.29 is 9.59 Å². The molecule has 0 saturated heterocycles. The molecule has 0 aliphatic heterocycles. The molecule has 0 bridgehead atoms. The molecule has 0 unspecified atom stereocenters. The average molecular weight is 352 g/mol. The van der Waals surface area contributed by atoms with E-state index in [0.717, 1.165) is 11.2 Å². The standard InChI is InChI=1S/C18H20N6O2/c1-23(2)17(25)13-8-9-16-15(12-13)21-22-24(16)11-10-19-18(26)20-14-6-4-3-5-7-14/h3-9,12H,10-11H2,1-2H3,(H2,19,20,26). The second-order valence-corrected chi connectivity index (χ2v) is 5.96. The van der Waals surface area contributed by atoms with E-state index in [1.807, 2.05) is 36.4 Å². The number of hydrogen-bond acceptors (Lipinski definition) is 4. The van der Waals surface area contributed by atoms with Gasteiger partial charge in [0.2, 0.25) is 0 Å². The van der Waals surface area contributed by atoms with Gasteiger partial charge in [0.05, 0.1) is 12.1 Å². The van der Waals surface area contributed by atoms with Crippen LogP contribution in [0.1, 0.15) is 10.4 Å². The largest absolute Gasteiger partial charge is 0.345 e. The quantitative estimate of drug-likeness (QED) is 0.734. The Morgan fingerprint density at radius 3 is 2.62 bits per heavy atom. The third kappa shape index (κ3) is 3.97. The molecular weight excluding hydrogens is 332 g/mol. The second-order valence-electron chi connectivity index (χ2n) is 5.96. The molecule has 26 heavy (non-hydrogen) atoms. The molecule has 1 heterocycles. The van der Waals surface area contributed by atoms with Gasteiger partial charge >= 0.3 is 6.03 Å². The first-order valence-electron chi connectivity index (χ1n) is 8.19. The molecule has 2 N–H and O–H groups in total. The summed E-state index contributed by atoms with van der Waals surface area (Å²) in [6.07, 6.45) is 0. The van der Waals surface area contributed by atoms with Crippen LogP contribution in [0, 0.1) is 0 Å². The van der Waals surface area contributed by atoms with Gasteiger partial charge in [-0.15, -0.1) is 5.10 Å². The highest BCUT2D eigenvalue weighted by Gasteiger charge is 2.11. The summed E-state index contributed by atoms with van der Waals surface area (Å²) in [6.45, 7) is 0.870. The third-order valence-electron chi connectivity index (χ3n) is 3.81. The molecule has 0 fully saturated rings. The highest BCUT2D eigenvalue weighted by Crippen LogP contribution is 2.14. The van der Waals surface area contributed by atoms with Gasteiger partial charge < -0.3 is 15.5 Å². The van der Waals surface area contributed by atoms with Crippen molar-refractivity contribution in [1.82, 2.24) is 25.2 Å². The predicted molar refractivity (Wildman–Crippen MR) is 99.0 cm³/mol. The molecule has 3 rings (SSSR count). The number of carbonyl (C=O) groups excluding carboxylic acids is 2. The third-order valence-corrected chi connectivity index (χ3v) is 3.81. The zero-order valence-corrected chi connectivity index (χ0v) is 14.6. The van der Waals surface area contributed by atoms with Crippen molar-refractivity contribution in [1.29, 1.82) is 0 Å². The Kier molecular flexibility index (Phi) is 5.12. The molecule has 8 heteroatoms. The van der Waals surface area contributed by atoms with Gasteiger partial charge in [0, 0.05) is 31.9 Å². The summed E-state index contributed by atoms with van der Waals surface area (Å²) < 4.78 is 1.70. The van der Waals surface area contributed by atoms with Gasteiger partial charge in [-0.25, -0.2) is 9.48 Å². The predicted octanol–water partition coefficient (Wildman–Crippen LogP) is 1.95. The lowest BCUT2D eigenvalue weighted by atomic mass is 10.2. The molecule has 0 aliphatic carbocycles. The van der Waals surface area contributed by atoms with Crippen LogP contribution in [0.5, 0.6) is 0 Å². The van der Waals surface area contributed by atoms with E-state index in [-0.39, 0.29) is 11.9 Å². The maximum atomic E-state index is 12.0. The van der Waals surface area contributed by atoms with Gasteiger partial charge in [0.25, 0.3) is 5.91 Å². The number of benzene rings is 2. The van der Waals surface area contributed by atoms with E-state index in [4.69, 9.17) is 0 Å². The lowest BCUT2D eigenvalue weighted by molar-refractivity contribution is 0.0827. The van der Waals surface area contributed by atoms with Gasteiger partial charge in [0.15, 0.2) is 0 Å². The molecule has 1 aromatic heterocycles. The zero-order valence-electron chi connectivity index (χ0n) is 14.6. The summed E-state index contributed by atoms with van der Waals surface area (Å²) in [4.78, 5) is 25.4. The summed E-state index contributed by atoms with van der Waals surface area (Å²) >= 11 is 0. The number of anilines is 1. The molecule has 0 spiro atoms. The number of nitrogens with one attached hydrogen (secondary N) is 2. The molecule has 0 saturated carbocycles. The fourth-order valence-electron chi connectivity index (χ4n) is 2.50.